The average Bonchev–Trinajstić information content (AvgIpc) is 3.27. The molecule has 2 aromatic heterocycles. The van der Waals surface area contributed by atoms with E-state index in [9.17, 15) is 22.4 Å². The number of halogens is 1. The minimum Gasteiger partial charge on any atom is -0.437 e. The fraction of sp³-hybridized carbons (Fsp3) is 0.300. The smallest absolute Gasteiger partial charge is 0.255 e. The Morgan fingerprint density at radius 1 is 1.05 bits per heavy atom. The minimum atomic E-state index is -3.76. The summed E-state index contributed by atoms with van der Waals surface area (Å²) in [4.78, 5) is 30.7. The lowest BCUT2D eigenvalue weighted by Gasteiger charge is -2.61. The van der Waals surface area contributed by atoms with Crippen LogP contribution in [0.2, 0.25) is 0 Å². The quantitative estimate of drug-likeness (QED) is 0.254. The predicted molar refractivity (Wildman–Crippen MR) is 153 cm³/mol. The Kier molecular flexibility index (Phi) is 6.56. The molecule has 2 heterocycles. The summed E-state index contributed by atoms with van der Waals surface area (Å²) in [6.07, 6.45) is 3.39. The number of benzene rings is 2. The Labute approximate surface area is 236 Å². The Morgan fingerprint density at radius 2 is 1.78 bits per heavy atom. The maximum atomic E-state index is 13.6. The Morgan fingerprint density at radius 3 is 2.41 bits per heavy atom. The van der Waals surface area contributed by atoms with Gasteiger partial charge in [-0.3, -0.25) is 14.3 Å². The van der Waals surface area contributed by atoms with Gasteiger partial charge in [-0.25, -0.2) is 12.8 Å². The van der Waals surface area contributed by atoms with E-state index in [1.165, 1.54) is 31.3 Å². The van der Waals surface area contributed by atoms with Crippen LogP contribution in [-0.2, 0) is 10.0 Å². The summed E-state index contributed by atoms with van der Waals surface area (Å²) in [6, 6.07) is 14.0. The number of fused-ring (bicyclic) bond motifs is 1. The van der Waals surface area contributed by atoms with E-state index in [1.54, 1.807) is 37.3 Å². The zero-order valence-electron chi connectivity index (χ0n) is 22.6. The Hall–Kier alpha value is -4.25. The summed E-state index contributed by atoms with van der Waals surface area (Å²) in [5, 5.41) is 6.09. The number of anilines is 1. The molecule has 9 nitrogen and oxygen atoms in total. The molecule has 0 radical (unpaired) electrons. The molecule has 2 amide bonds. The van der Waals surface area contributed by atoms with E-state index in [1.807, 2.05) is 0 Å². The van der Waals surface area contributed by atoms with Crippen molar-refractivity contribution in [2.24, 2.45) is 5.92 Å². The third-order valence-corrected chi connectivity index (χ3v) is 9.27. The predicted octanol–water partition coefficient (Wildman–Crippen LogP) is 5.09. The second-order valence-electron chi connectivity index (χ2n) is 10.8. The van der Waals surface area contributed by atoms with Crippen LogP contribution in [0.25, 0.3) is 33.6 Å². The van der Waals surface area contributed by atoms with Gasteiger partial charge < -0.3 is 15.1 Å². The first-order chi connectivity index (χ1) is 19.6. The molecule has 0 atom stereocenters. The molecule has 3 fully saturated rings. The van der Waals surface area contributed by atoms with Crippen molar-refractivity contribution in [2.75, 3.05) is 17.5 Å². The number of carbonyl (C=O) groups is 2. The molecule has 3 aliphatic carbocycles. The van der Waals surface area contributed by atoms with Gasteiger partial charge in [0, 0.05) is 29.3 Å². The lowest BCUT2D eigenvalue weighted by atomic mass is 9.50. The lowest BCUT2D eigenvalue weighted by molar-refractivity contribution is -0.0438. The van der Waals surface area contributed by atoms with Gasteiger partial charge in [0.1, 0.15) is 11.6 Å². The van der Waals surface area contributed by atoms with Crippen LogP contribution in [0.5, 0.6) is 0 Å². The largest absolute Gasteiger partial charge is 0.437 e. The SMILES string of the molecule is CCCS(=O)(=O)Nc1nc2oc(-c3ccc(F)cc3)c(C(=O)NC)c2cc1-c1cccc(C(=O)NC23CC(C2)C3)c1. The molecule has 3 N–H and O–H groups in total. The third kappa shape index (κ3) is 4.94. The van der Waals surface area contributed by atoms with Crippen LogP contribution in [0, 0.1) is 11.7 Å². The summed E-state index contributed by atoms with van der Waals surface area (Å²) < 4.78 is 47.9. The molecule has 0 aliphatic heterocycles. The molecule has 0 saturated heterocycles. The number of nitrogens with one attached hydrogen (secondary N) is 3. The number of rotatable bonds is 9. The molecule has 0 unspecified atom stereocenters. The molecule has 7 rings (SSSR count). The van der Waals surface area contributed by atoms with Gasteiger partial charge in [-0.1, -0.05) is 19.1 Å². The fourth-order valence-electron chi connectivity index (χ4n) is 5.72. The summed E-state index contributed by atoms with van der Waals surface area (Å²) in [5.74, 6) is -0.342. The number of aromatic nitrogens is 1. The summed E-state index contributed by atoms with van der Waals surface area (Å²) in [7, 11) is -2.28. The molecule has 0 spiro atoms. The maximum Gasteiger partial charge on any atom is 0.255 e. The molecule has 11 heteroatoms. The Balaban J connectivity index is 1.50. The molecule has 2 bridgehead atoms. The number of hydrogen-bond donors (Lipinski definition) is 3. The van der Waals surface area contributed by atoms with Crippen molar-refractivity contribution < 1.29 is 26.8 Å². The van der Waals surface area contributed by atoms with Crippen molar-refractivity contribution in [3.8, 4) is 22.5 Å². The van der Waals surface area contributed by atoms with Gasteiger partial charge in [0.15, 0.2) is 5.82 Å². The summed E-state index contributed by atoms with van der Waals surface area (Å²) >= 11 is 0. The highest BCUT2D eigenvalue weighted by Gasteiger charge is 2.57. The van der Waals surface area contributed by atoms with Crippen LogP contribution in [0.4, 0.5) is 10.2 Å². The van der Waals surface area contributed by atoms with Crippen molar-refractivity contribution in [2.45, 2.75) is 38.1 Å². The van der Waals surface area contributed by atoms with Crippen molar-refractivity contribution in [1.82, 2.24) is 15.6 Å². The second kappa shape index (κ2) is 9.99. The van der Waals surface area contributed by atoms with Gasteiger partial charge in [0.2, 0.25) is 15.7 Å². The van der Waals surface area contributed by atoms with Crippen molar-refractivity contribution in [1.29, 1.82) is 0 Å². The van der Waals surface area contributed by atoms with E-state index in [2.05, 4.69) is 20.3 Å². The first kappa shape index (κ1) is 26.9. The van der Waals surface area contributed by atoms with Gasteiger partial charge in [0.05, 0.1) is 16.7 Å². The number of sulfonamides is 1. The molecule has 3 aliphatic rings. The van der Waals surface area contributed by atoms with Crippen LogP contribution in [-0.4, -0.2) is 43.6 Å². The summed E-state index contributed by atoms with van der Waals surface area (Å²) in [6.45, 7) is 1.75. The average molecular weight is 577 g/mol. The first-order valence-corrected chi connectivity index (χ1v) is 15.1. The van der Waals surface area contributed by atoms with Crippen LogP contribution < -0.4 is 15.4 Å². The van der Waals surface area contributed by atoms with Crippen molar-refractivity contribution in [3.63, 3.8) is 0 Å². The van der Waals surface area contributed by atoms with E-state index in [0.29, 0.717) is 40.0 Å². The first-order valence-electron chi connectivity index (χ1n) is 13.5. The molecule has 212 valence electrons. The highest BCUT2D eigenvalue weighted by atomic mass is 32.2. The second-order valence-corrected chi connectivity index (χ2v) is 12.7. The van der Waals surface area contributed by atoms with Crippen LogP contribution in [0.1, 0.15) is 53.3 Å². The highest BCUT2D eigenvalue weighted by molar-refractivity contribution is 7.92. The number of pyridine rings is 1. The number of furan rings is 1. The number of nitrogens with zero attached hydrogens (tertiary/aromatic N) is 1. The highest BCUT2D eigenvalue weighted by Crippen LogP contribution is 2.57. The lowest BCUT2D eigenvalue weighted by Crippen LogP contribution is -2.68. The van der Waals surface area contributed by atoms with E-state index < -0.39 is 21.7 Å². The number of amides is 2. The van der Waals surface area contributed by atoms with Gasteiger partial charge in [-0.05, 0) is 79.6 Å². The van der Waals surface area contributed by atoms with Crippen molar-refractivity contribution in [3.05, 3.63) is 71.5 Å². The zero-order chi connectivity index (χ0) is 28.9. The third-order valence-electron chi connectivity index (χ3n) is 7.82. The standard InChI is InChI=1S/C30H29FN4O5S/c1-3-11-41(38,39)35-26-22(19-5-4-6-20(12-19)27(36)34-30-14-17(15-30)16-30)13-23-24(28(37)32-2)25(40-29(23)33-26)18-7-9-21(31)10-8-18/h4-10,12-13,17H,3,11,14-16H2,1-2H3,(H,32,37)(H,33,35)(H,34,36). The molecule has 41 heavy (non-hydrogen) atoms. The van der Waals surface area contributed by atoms with E-state index >= 15 is 0 Å². The summed E-state index contributed by atoms with van der Waals surface area (Å²) in [5.41, 5.74) is 1.88. The topological polar surface area (TPSA) is 130 Å². The fourth-order valence-corrected chi connectivity index (χ4v) is 6.81. The Bertz CT molecular complexity index is 1780. The van der Waals surface area contributed by atoms with E-state index in [-0.39, 0.29) is 40.1 Å². The number of carbonyl (C=O) groups excluding carboxylic acids is 2. The minimum absolute atomic E-state index is 0.00536. The molecule has 4 aromatic rings. The van der Waals surface area contributed by atoms with Crippen LogP contribution in [0.3, 0.4) is 0 Å². The van der Waals surface area contributed by atoms with Gasteiger partial charge in [-0.15, -0.1) is 0 Å². The molecular formula is C30H29FN4O5S. The molecule has 3 saturated carbocycles. The van der Waals surface area contributed by atoms with Gasteiger partial charge >= 0.3 is 0 Å². The van der Waals surface area contributed by atoms with Crippen LogP contribution in [0.15, 0.2) is 59.0 Å². The van der Waals surface area contributed by atoms with Gasteiger partial charge in [0.25, 0.3) is 11.8 Å². The van der Waals surface area contributed by atoms with Crippen LogP contribution >= 0.6 is 0 Å². The normalized spacial score (nSPS) is 19.2. The van der Waals surface area contributed by atoms with Gasteiger partial charge in [-0.2, -0.15) is 4.98 Å². The molecule has 2 aromatic carbocycles. The monoisotopic (exact) mass is 576 g/mol. The number of hydrogen-bond acceptors (Lipinski definition) is 6. The maximum absolute atomic E-state index is 13.6. The van der Waals surface area contributed by atoms with E-state index in [0.717, 1.165) is 19.3 Å². The zero-order valence-corrected chi connectivity index (χ0v) is 23.4. The molecular weight excluding hydrogens is 547 g/mol. The van der Waals surface area contributed by atoms with Crippen molar-refractivity contribution >= 4 is 38.8 Å². The van der Waals surface area contributed by atoms with E-state index in [4.69, 9.17) is 4.42 Å².